The first kappa shape index (κ1) is 14.9. The zero-order valence-electron chi connectivity index (χ0n) is 9.13. The molecule has 0 rings (SSSR count). The highest BCUT2D eigenvalue weighted by Gasteiger charge is 2.55. The fraction of sp³-hybridized carbons (Fsp3) is 1.00. The molecule has 0 amide bonds. The summed E-state index contributed by atoms with van der Waals surface area (Å²) in [6.07, 6.45) is -3.15. The summed E-state index contributed by atoms with van der Waals surface area (Å²) in [7, 11) is -3.88. The Morgan fingerprint density at radius 2 is 1.20 bits per heavy atom. The van der Waals surface area contributed by atoms with Crippen molar-refractivity contribution < 1.29 is 26.4 Å². The largest absolute Gasteiger partial charge is 0.543 e. The van der Waals surface area contributed by atoms with E-state index in [9.17, 15) is 13.2 Å². The predicted octanol–water partition coefficient (Wildman–Crippen LogP) is 2.18. The average molecular weight is 246 g/mol. The minimum Gasteiger partial charge on any atom is -0.372 e. The van der Waals surface area contributed by atoms with Gasteiger partial charge in [-0.05, 0) is 20.8 Å². The second kappa shape index (κ2) is 7.21. The van der Waals surface area contributed by atoms with Crippen LogP contribution in [0.25, 0.3) is 0 Å². The molecule has 0 fully saturated rings. The zero-order valence-corrected chi connectivity index (χ0v) is 10.1. The van der Waals surface area contributed by atoms with Crippen molar-refractivity contribution >= 4 is 8.80 Å². The van der Waals surface area contributed by atoms with Crippen molar-refractivity contribution in [1.82, 2.24) is 0 Å². The van der Waals surface area contributed by atoms with Gasteiger partial charge in [0.25, 0.3) is 6.43 Å². The highest BCUT2D eigenvalue weighted by molar-refractivity contribution is 6.62. The van der Waals surface area contributed by atoms with E-state index in [0.717, 1.165) is 0 Å². The molecule has 3 nitrogen and oxygen atoms in total. The molecule has 0 aliphatic carbocycles. The van der Waals surface area contributed by atoms with Gasteiger partial charge in [0.15, 0.2) is 0 Å². The zero-order chi connectivity index (χ0) is 11.9. The highest BCUT2D eigenvalue weighted by atomic mass is 28.4. The number of rotatable bonds is 8. The van der Waals surface area contributed by atoms with E-state index in [-0.39, 0.29) is 19.8 Å². The molecule has 0 heterocycles. The molecule has 1 unspecified atom stereocenters. The molecular formula is C8H17F3O3Si. The molecule has 92 valence electrons. The SMILES string of the molecule is CCO[Si](OCC)(OCC)C(F)C(F)F. The first-order chi connectivity index (χ1) is 7.04. The second-order valence-corrected chi connectivity index (χ2v) is 5.26. The van der Waals surface area contributed by atoms with E-state index in [0.29, 0.717) is 0 Å². The minimum absolute atomic E-state index is 0.0827. The molecule has 0 aliphatic heterocycles. The van der Waals surface area contributed by atoms with Gasteiger partial charge in [-0.25, -0.2) is 13.2 Å². The fourth-order valence-electron chi connectivity index (χ4n) is 1.12. The van der Waals surface area contributed by atoms with Gasteiger partial charge in [0, 0.05) is 19.8 Å². The number of hydrogen-bond acceptors (Lipinski definition) is 3. The Hall–Kier alpha value is -0.113. The molecule has 0 aromatic carbocycles. The van der Waals surface area contributed by atoms with Gasteiger partial charge in [0.05, 0.1) is 0 Å². The van der Waals surface area contributed by atoms with Gasteiger partial charge < -0.3 is 13.3 Å². The number of alkyl halides is 3. The molecule has 0 aliphatic rings. The first-order valence-corrected chi connectivity index (χ1v) is 6.68. The van der Waals surface area contributed by atoms with Crippen molar-refractivity contribution in [2.24, 2.45) is 0 Å². The predicted molar refractivity (Wildman–Crippen MR) is 51.5 cm³/mol. The lowest BCUT2D eigenvalue weighted by atomic mass is 10.8. The van der Waals surface area contributed by atoms with Gasteiger partial charge in [-0.1, -0.05) is 0 Å². The number of hydrogen-bond donors (Lipinski definition) is 0. The number of halogens is 3. The highest BCUT2D eigenvalue weighted by Crippen LogP contribution is 2.23. The van der Waals surface area contributed by atoms with Gasteiger partial charge >= 0.3 is 8.80 Å². The third-order valence-electron chi connectivity index (χ3n) is 1.60. The Labute approximate surface area is 88.9 Å². The van der Waals surface area contributed by atoms with Crippen LogP contribution in [0.3, 0.4) is 0 Å². The molecule has 0 aromatic rings. The van der Waals surface area contributed by atoms with E-state index in [4.69, 9.17) is 13.3 Å². The summed E-state index contributed by atoms with van der Waals surface area (Å²) in [5.74, 6) is -2.49. The smallest absolute Gasteiger partial charge is 0.372 e. The van der Waals surface area contributed by atoms with E-state index in [1.165, 1.54) is 0 Å². The maximum atomic E-state index is 13.3. The van der Waals surface area contributed by atoms with Crippen LogP contribution in [0.5, 0.6) is 0 Å². The van der Waals surface area contributed by atoms with Gasteiger partial charge in [0.2, 0.25) is 5.79 Å². The molecule has 0 N–H and O–H groups in total. The molecule has 0 saturated heterocycles. The average Bonchev–Trinajstić information content (AvgIpc) is 2.17. The van der Waals surface area contributed by atoms with E-state index in [2.05, 4.69) is 0 Å². The van der Waals surface area contributed by atoms with Crippen LogP contribution in [0, 0.1) is 0 Å². The first-order valence-electron chi connectivity index (χ1n) is 4.88. The van der Waals surface area contributed by atoms with Gasteiger partial charge in [-0.3, -0.25) is 0 Å². The summed E-state index contributed by atoms with van der Waals surface area (Å²) in [5.41, 5.74) is 0. The lowest BCUT2D eigenvalue weighted by molar-refractivity contribution is -0.00569. The lowest BCUT2D eigenvalue weighted by Gasteiger charge is -2.30. The van der Waals surface area contributed by atoms with Gasteiger partial charge in [-0.15, -0.1) is 0 Å². The van der Waals surface area contributed by atoms with Gasteiger partial charge in [0.1, 0.15) is 0 Å². The topological polar surface area (TPSA) is 27.7 Å². The third kappa shape index (κ3) is 4.10. The summed E-state index contributed by atoms with van der Waals surface area (Å²) in [5, 5.41) is 0. The third-order valence-corrected chi connectivity index (χ3v) is 4.60. The minimum atomic E-state index is -3.88. The molecule has 0 bridgehead atoms. The van der Waals surface area contributed by atoms with E-state index in [1.807, 2.05) is 0 Å². The van der Waals surface area contributed by atoms with Crippen LogP contribution >= 0.6 is 0 Å². The van der Waals surface area contributed by atoms with Crippen molar-refractivity contribution in [2.75, 3.05) is 19.8 Å². The van der Waals surface area contributed by atoms with E-state index >= 15 is 0 Å². The molecule has 0 saturated carbocycles. The van der Waals surface area contributed by atoms with Crippen molar-refractivity contribution in [3.63, 3.8) is 0 Å². The van der Waals surface area contributed by atoms with E-state index < -0.39 is 21.0 Å². The van der Waals surface area contributed by atoms with Crippen molar-refractivity contribution in [3.05, 3.63) is 0 Å². The van der Waals surface area contributed by atoms with Crippen LogP contribution in [0.2, 0.25) is 0 Å². The Bertz CT molecular complexity index is 154. The molecule has 0 radical (unpaired) electrons. The maximum absolute atomic E-state index is 13.3. The normalized spacial score (nSPS) is 14.6. The van der Waals surface area contributed by atoms with E-state index in [1.54, 1.807) is 20.8 Å². The van der Waals surface area contributed by atoms with Crippen LogP contribution in [-0.2, 0) is 13.3 Å². The lowest BCUT2D eigenvalue weighted by Crippen LogP contribution is -2.57. The second-order valence-electron chi connectivity index (χ2n) is 2.64. The summed E-state index contributed by atoms with van der Waals surface area (Å²) in [6, 6.07) is 0. The van der Waals surface area contributed by atoms with Gasteiger partial charge in [-0.2, -0.15) is 0 Å². The Balaban J connectivity index is 4.73. The van der Waals surface area contributed by atoms with Crippen molar-refractivity contribution in [2.45, 2.75) is 33.0 Å². The quantitative estimate of drug-likeness (QED) is 0.614. The summed E-state index contributed by atoms with van der Waals surface area (Å²) in [6.45, 7) is 4.99. The summed E-state index contributed by atoms with van der Waals surface area (Å²) < 4.78 is 52.9. The van der Waals surface area contributed by atoms with Crippen LogP contribution in [-0.4, -0.2) is 40.8 Å². The van der Waals surface area contributed by atoms with Crippen LogP contribution in [0.1, 0.15) is 20.8 Å². The molecule has 0 aromatic heterocycles. The Morgan fingerprint density at radius 1 is 0.867 bits per heavy atom. The summed E-state index contributed by atoms with van der Waals surface area (Å²) in [4.78, 5) is 0. The fourth-order valence-corrected chi connectivity index (χ4v) is 3.37. The Kier molecular flexibility index (Phi) is 7.15. The molecule has 0 spiro atoms. The standard InChI is InChI=1S/C8H17F3O3Si/c1-4-12-15(13-5-2,14-6-3)8(11)7(9)10/h7-8H,4-6H2,1-3H3. The monoisotopic (exact) mass is 246 g/mol. The maximum Gasteiger partial charge on any atom is 0.543 e. The van der Waals surface area contributed by atoms with Crippen molar-refractivity contribution in [3.8, 4) is 0 Å². The molecular weight excluding hydrogens is 229 g/mol. The molecule has 1 atom stereocenters. The summed E-state index contributed by atoms with van der Waals surface area (Å²) >= 11 is 0. The Morgan fingerprint density at radius 3 is 1.40 bits per heavy atom. The van der Waals surface area contributed by atoms with Crippen LogP contribution < -0.4 is 0 Å². The molecule has 15 heavy (non-hydrogen) atoms. The van der Waals surface area contributed by atoms with Crippen LogP contribution in [0.15, 0.2) is 0 Å². The van der Waals surface area contributed by atoms with Crippen LogP contribution in [0.4, 0.5) is 13.2 Å². The molecule has 7 heteroatoms. The van der Waals surface area contributed by atoms with Crippen molar-refractivity contribution in [1.29, 1.82) is 0 Å².